The smallest absolute Gasteiger partial charge is 0.191 e. The second-order valence-corrected chi connectivity index (χ2v) is 7.62. The van der Waals surface area contributed by atoms with E-state index in [0.717, 1.165) is 31.9 Å². The highest BCUT2D eigenvalue weighted by Crippen LogP contribution is 2.24. The van der Waals surface area contributed by atoms with Crippen molar-refractivity contribution in [1.82, 2.24) is 10.6 Å². The van der Waals surface area contributed by atoms with Crippen molar-refractivity contribution in [3.8, 4) is 5.75 Å². The highest BCUT2D eigenvalue weighted by atomic mass is 32.1. The first-order chi connectivity index (χ1) is 13.1. The predicted octanol–water partition coefficient (Wildman–Crippen LogP) is 3.49. The van der Waals surface area contributed by atoms with E-state index >= 15 is 0 Å². The largest absolute Gasteiger partial charge is 0.489 e. The predicted molar refractivity (Wildman–Crippen MR) is 111 cm³/mol. The van der Waals surface area contributed by atoms with Gasteiger partial charge in [-0.2, -0.15) is 0 Å². The number of nitrogens with zero attached hydrogens (tertiary/aromatic N) is 2. The Morgan fingerprint density at radius 2 is 2.15 bits per heavy atom. The molecule has 2 aromatic rings. The Morgan fingerprint density at radius 3 is 2.81 bits per heavy atom. The molecule has 0 amide bonds. The van der Waals surface area contributed by atoms with Crippen LogP contribution in [0.4, 0.5) is 9.39 Å². The molecule has 3 rings (SSSR count). The Hall–Kier alpha value is -2.28. The number of rotatable bonds is 6. The van der Waals surface area contributed by atoms with Gasteiger partial charge in [-0.25, -0.2) is 4.39 Å². The average molecular weight is 391 g/mol. The lowest BCUT2D eigenvalue weighted by molar-refractivity contribution is 0.222. The third-order valence-electron chi connectivity index (χ3n) is 4.57. The number of anilines is 1. The van der Waals surface area contributed by atoms with Crippen molar-refractivity contribution in [3.63, 3.8) is 0 Å². The number of hydrogen-bond donors (Lipinski definition) is 2. The second-order valence-electron chi connectivity index (χ2n) is 6.70. The van der Waals surface area contributed by atoms with Crippen molar-refractivity contribution in [3.05, 3.63) is 47.6 Å². The number of thiophene rings is 1. The molecule has 1 atom stereocenters. The van der Waals surface area contributed by atoms with Gasteiger partial charge in [-0.1, -0.05) is 6.07 Å². The van der Waals surface area contributed by atoms with Crippen LogP contribution in [0.2, 0.25) is 0 Å². The van der Waals surface area contributed by atoms with Crippen LogP contribution in [0, 0.1) is 5.82 Å². The molecule has 1 aromatic heterocycles. The van der Waals surface area contributed by atoms with Gasteiger partial charge in [-0.15, -0.1) is 11.3 Å². The van der Waals surface area contributed by atoms with Gasteiger partial charge in [0.15, 0.2) is 5.96 Å². The normalized spacial score (nSPS) is 16.9. The van der Waals surface area contributed by atoms with Crippen molar-refractivity contribution in [2.45, 2.75) is 31.9 Å². The molecule has 27 heavy (non-hydrogen) atoms. The van der Waals surface area contributed by atoms with Crippen LogP contribution in [0.15, 0.2) is 46.8 Å². The highest BCUT2D eigenvalue weighted by Gasteiger charge is 2.20. The fourth-order valence-corrected chi connectivity index (χ4v) is 3.92. The van der Waals surface area contributed by atoms with Crippen LogP contribution in [-0.4, -0.2) is 44.8 Å². The highest BCUT2D eigenvalue weighted by molar-refractivity contribution is 7.14. The summed E-state index contributed by atoms with van der Waals surface area (Å²) in [5.74, 6) is 1.02. The van der Waals surface area contributed by atoms with Crippen LogP contribution in [0.25, 0.3) is 0 Å². The van der Waals surface area contributed by atoms with Gasteiger partial charge in [0.2, 0.25) is 0 Å². The lowest BCUT2D eigenvalue weighted by Gasteiger charge is -2.33. The van der Waals surface area contributed by atoms with Gasteiger partial charge in [0.1, 0.15) is 17.7 Å². The summed E-state index contributed by atoms with van der Waals surface area (Å²) in [4.78, 5) is 6.75. The maximum Gasteiger partial charge on any atom is 0.191 e. The van der Waals surface area contributed by atoms with Crippen LogP contribution in [0.3, 0.4) is 0 Å². The minimum atomic E-state index is -0.293. The zero-order chi connectivity index (χ0) is 19.1. The molecule has 1 unspecified atom stereocenters. The summed E-state index contributed by atoms with van der Waals surface area (Å²) in [6.07, 6.45) is 2.05. The molecule has 1 saturated heterocycles. The molecule has 7 heteroatoms. The summed E-state index contributed by atoms with van der Waals surface area (Å²) in [5, 5.41) is 10.3. The second kappa shape index (κ2) is 9.60. The summed E-state index contributed by atoms with van der Waals surface area (Å²) in [7, 11) is 1.77. The number of benzene rings is 1. The third kappa shape index (κ3) is 5.85. The molecule has 1 aliphatic rings. The zero-order valence-electron chi connectivity index (χ0n) is 15.8. The van der Waals surface area contributed by atoms with Crippen LogP contribution in [0.5, 0.6) is 5.75 Å². The summed E-state index contributed by atoms with van der Waals surface area (Å²) < 4.78 is 19.0. The molecule has 146 valence electrons. The summed E-state index contributed by atoms with van der Waals surface area (Å²) in [5.41, 5.74) is 0. The first-order valence-electron chi connectivity index (χ1n) is 9.32. The van der Waals surface area contributed by atoms with Crippen LogP contribution < -0.4 is 20.3 Å². The van der Waals surface area contributed by atoms with Gasteiger partial charge in [0, 0.05) is 32.2 Å². The minimum Gasteiger partial charge on any atom is -0.489 e. The van der Waals surface area contributed by atoms with Crippen LogP contribution in [0.1, 0.15) is 19.8 Å². The number of guanidine groups is 1. The maximum atomic E-state index is 13.2. The van der Waals surface area contributed by atoms with E-state index in [0.29, 0.717) is 18.3 Å². The van der Waals surface area contributed by atoms with E-state index in [1.165, 1.54) is 17.1 Å². The molecule has 1 fully saturated rings. The van der Waals surface area contributed by atoms with Crippen molar-refractivity contribution >= 4 is 22.3 Å². The van der Waals surface area contributed by atoms with Gasteiger partial charge in [-0.05, 0) is 49.4 Å². The number of piperidine rings is 1. The van der Waals surface area contributed by atoms with Gasteiger partial charge in [-0.3, -0.25) is 4.99 Å². The molecule has 1 aromatic carbocycles. The number of aliphatic imine (C=N–C) groups is 1. The third-order valence-corrected chi connectivity index (χ3v) is 5.50. The van der Waals surface area contributed by atoms with E-state index in [4.69, 9.17) is 4.74 Å². The van der Waals surface area contributed by atoms with E-state index in [9.17, 15) is 4.39 Å². The SMILES string of the molecule is CN=C(NCC(C)Oc1cccc(F)c1)NC1CCN(c2cccs2)CC1. The molecule has 0 spiro atoms. The molecule has 0 radical (unpaired) electrons. The van der Waals surface area contributed by atoms with Gasteiger partial charge in [0.05, 0.1) is 11.5 Å². The average Bonchev–Trinajstić information content (AvgIpc) is 3.20. The van der Waals surface area contributed by atoms with E-state index in [1.54, 1.807) is 30.5 Å². The maximum absolute atomic E-state index is 13.2. The number of hydrogen-bond acceptors (Lipinski definition) is 4. The van der Waals surface area contributed by atoms with Crippen molar-refractivity contribution in [2.75, 3.05) is 31.6 Å². The van der Waals surface area contributed by atoms with Crippen molar-refractivity contribution in [2.24, 2.45) is 4.99 Å². The first-order valence-corrected chi connectivity index (χ1v) is 10.2. The Bertz CT molecular complexity index is 729. The molecule has 2 heterocycles. The van der Waals surface area contributed by atoms with Gasteiger partial charge < -0.3 is 20.3 Å². The van der Waals surface area contributed by atoms with E-state index < -0.39 is 0 Å². The van der Waals surface area contributed by atoms with E-state index in [2.05, 4.69) is 38.0 Å². The van der Waals surface area contributed by atoms with Gasteiger partial charge in [0.25, 0.3) is 0 Å². The lowest BCUT2D eigenvalue weighted by atomic mass is 10.1. The number of halogens is 1. The number of ether oxygens (including phenoxy) is 1. The van der Waals surface area contributed by atoms with E-state index in [-0.39, 0.29) is 11.9 Å². The molecule has 0 aliphatic carbocycles. The topological polar surface area (TPSA) is 48.9 Å². The fourth-order valence-electron chi connectivity index (χ4n) is 3.14. The van der Waals surface area contributed by atoms with Crippen LogP contribution >= 0.6 is 11.3 Å². The Labute approximate surface area is 164 Å². The molecular formula is C20H27FN4OS. The van der Waals surface area contributed by atoms with Crippen molar-refractivity contribution in [1.29, 1.82) is 0 Å². The Morgan fingerprint density at radius 1 is 1.33 bits per heavy atom. The molecule has 0 saturated carbocycles. The molecule has 2 N–H and O–H groups in total. The molecule has 0 bridgehead atoms. The summed E-state index contributed by atoms with van der Waals surface area (Å²) in [6.45, 7) is 4.64. The van der Waals surface area contributed by atoms with Gasteiger partial charge >= 0.3 is 0 Å². The molecule has 5 nitrogen and oxygen atoms in total. The Balaban J connectivity index is 1.40. The molecule has 1 aliphatic heterocycles. The Kier molecular flexibility index (Phi) is 6.92. The van der Waals surface area contributed by atoms with Crippen LogP contribution in [-0.2, 0) is 0 Å². The quantitative estimate of drug-likeness (QED) is 0.586. The summed E-state index contributed by atoms with van der Waals surface area (Å²) in [6, 6.07) is 10.9. The molecular weight excluding hydrogens is 363 g/mol. The first kappa shape index (κ1) is 19.5. The minimum absolute atomic E-state index is 0.106. The fraction of sp³-hybridized carbons (Fsp3) is 0.450. The summed E-state index contributed by atoms with van der Waals surface area (Å²) >= 11 is 1.79. The number of nitrogens with one attached hydrogen (secondary N) is 2. The monoisotopic (exact) mass is 390 g/mol. The standard InChI is InChI=1S/C20H27FN4OS/c1-15(26-18-6-3-5-16(21)13-18)14-23-20(22-2)24-17-8-10-25(11-9-17)19-7-4-12-27-19/h3-7,12-13,15,17H,8-11,14H2,1-2H3,(H2,22,23,24). The van der Waals surface area contributed by atoms with Crippen molar-refractivity contribution < 1.29 is 9.13 Å². The zero-order valence-corrected chi connectivity index (χ0v) is 16.6. The van der Waals surface area contributed by atoms with E-state index in [1.807, 2.05) is 6.92 Å². The lowest BCUT2D eigenvalue weighted by Crippen LogP contribution is -2.50.